The largest absolute Gasteiger partial charge is 0.468 e. The van der Waals surface area contributed by atoms with Crippen LogP contribution >= 0.6 is 11.8 Å². The predicted molar refractivity (Wildman–Crippen MR) is 74.4 cm³/mol. The number of aromatic nitrogens is 1. The van der Waals surface area contributed by atoms with Crippen LogP contribution in [0.4, 0.5) is 5.69 Å². The number of nitrogens with zero attached hydrogens (tertiary/aromatic N) is 1. The summed E-state index contributed by atoms with van der Waals surface area (Å²) < 4.78 is 5.33. The Morgan fingerprint density at radius 1 is 1.17 bits per heavy atom. The van der Waals surface area contributed by atoms with Gasteiger partial charge in [-0.1, -0.05) is 0 Å². The highest BCUT2D eigenvalue weighted by Gasteiger charge is 2.06. The number of furan rings is 1. The Balaban J connectivity index is 1.94. The Hall–Kier alpha value is -1.94. The number of pyridine rings is 1. The van der Waals surface area contributed by atoms with Gasteiger partial charge >= 0.3 is 0 Å². The first-order valence-corrected chi connectivity index (χ1v) is 6.61. The number of rotatable bonds is 3. The molecule has 2 aromatic heterocycles. The van der Waals surface area contributed by atoms with Crippen molar-refractivity contribution in [3.63, 3.8) is 0 Å². The molecule has 0 saturated carbocycles. The van der Waals surface area contributed by atoms with Crippen molar-refractivity contribution in [1.82, 2.24) is 4.98 Å². The molecule has 3 nitrogen and oxygen atoms in total. The molecule has 0 fully saturated rings. The summed E-state index contributed by atoms with van der Waals surface area (Å²) >= 11 is 1.70. The number of hydrogen-bond donors (Lipinski definition) is 1. The lowest BCUT2D eigenvalue weighted by Crippen LogP contribution is -1.90. The topological polar surface area (TPSA) is 52.0 Å². The molecule has 0 bridgehead atoms. The number of nitrogen functional groups attached to an aromatic ring is 1. The van der Waals surface area contributed by atoms with Crippen molar-refractivity contribution in [3.8, 4) is 0 Å². The first-order valence-electron chi connectivity index (χ1n) is 5.63. The summed E-state index contributed by atoms with van der Waals surface area (Å²) in [6, 6.07) is 11.7. The number of thioether (sulfide) groups is 1. The van der Waals surface area contributed by atoms with Crippen LogP contribution in [-0.4, -0.2) is 4.98 Å². The average Bonchev–Trinajstić information content (AvgIpc) is 2.92. The van der Waals surface area contributed by atoms with Crippen LogP contribution in [0.3, 0.4) is 0 Å². The van der Waals surface area contributed by atoms with E-state index in [1.165, 1.54) is 0 Å². The highest BCUT2D eigenvalue weighted by atomic mass is 32.2. The molecular formula is C14H12N2OS. The van der Waals surface area contributed by atoms with Gasteiger partial charge in [-0.3, -0.25) is 4.98 Å². The van der Waals surface area contributed by atoms with Crippen molar-refractivity contribution in [2.45, 2.75) is 10.6 Å². The summed E-state index contributed by atoms with van der Waals surface area (Å²) in [5.74, 6) is 1.75. The molecule has 1 aromatic carbocycles. The van der Waals surface area contributed by atoms with E-state index in [-0.39, 0.29) is 0 Å². The molecule has 2 N–H and O–H groups in total. The Labute approximate surface area is 109 Å². The van der Waals surface area contributed by atoms with E-state index in [4.69, 9.17) is 10.2 Å². The lowest BCUT2D eigenvalue weighted by molar-refractivity contribution is 0.530. The molecule has 0 radical (unpaired) electrons. The number of hydrogen-bond acceptors (Lipinski definition) is 4. The van der Waals surface area contributed by atoms with Gasteiger partial charge in [0.25, 0.3) is 0 Å². The second-order valence-electron chi connectivity index (χ2n) is 3.92. The van der Waals surface area contributed by atoms with Gasteiger partial charge in [0.2, 0.25) is 0 Å². The molecule has 90 valence electrons. The third-order valence-corrected chi connectivity index (χ3v) is 3.79. The Bertz CT molecular complexity index is 665. The van der Waals surface area contributed by atoms with Crippen LogP contribution in [0, 0.1) is 0 Å². The van der Waals surface area contributed by atoms with Crippen LogP contribution in [0.2, 0.25) is 0 Å². The van der Waals surface area contributed by atoms with E-state index >= 15 is 0 Å². The monoisotopic (exact) mass is 256 g/mol. The maximum Gasteiger partial charge on any atom is 0.113 e. The fraction of sp³-hybridized carbons (Fsp3) is 0.0714. The molecule has 0 aliphatic rings. The molecule has 0 atom stereocenters. The molecule has 0 aliphatic carbocycles. The number of anilines is 1. The lowest BCUT2D eigenvalue weighted by atomic mass is 10.2. The second kappa shape index (κ2) is 4.74. The maximum absolute atomic E-state index is 5.95. The molecule has 0 unspecified atom stereocenters. The van der Waals surface area contributed by atoms with E-state index in [2.05, 4.69) is 4.98 Å². The van der Waals surface area contributed by atoms with E-state index in [0.717, 1.165) is 33.0 Å². The van der Waals surface area contributed by atoms with Crippen LogP contribution in [0.5, 0.6) is 0 Å². The first-order chi connectivity index (χ1) is 8.84. The molecule has 2 heterocycles. The van der Waals surface area contributed by atoms with Crippen molar-refractivity contribution in [1.29, 1.82) is 0 Å². The van der Waals surface area contributed by atoms with Crippen LogP contribution < -0.4 is 5.73 Å². The maximum atomic E-state index is 5.95. The molecule has 3 rings (SSSR count). The Morgan fingerprint density at radius 2 is 2.11 bits per heavy atom. The normalized spacial score (nSPS) is 10.9. The van der Waals surface area contributed by atoms with Crippen molar-refractivity contribution in [3.05, 3.63) is 54.6 Å². The summed E-state index contributed by atoms with van der Waals surface area (Å²) in [5.41, 5.74) is 7.67. The first kappa shape index (κ1) is 11.2. The van der Waals surface area contributed by atoms with Gasteiger partial charge in [-0.2, -0.15) is 0 Å². The zero-order valence-electron chi connectivity index (χ0n) is 9.67. The highest BCUT2D eigenvalue weighted by Crippen LogP contribution is 2.31. The van der Waals surface area contributed by atoms with Gasteiger partial charge in [0.05, 0.1) is 17.5 Å². The minimum atomic E-state index is 0.764. The smallest absolute Gasteiger partial charge is 0.113 e. The van der Waals surface area contributed by atoms with Gasteiger partial charge in [0.1, 0.15) is 5.76 Å². The van der Waals surface area contributed by atoms with Crippen LogP contribution in [0.1, 0.15) is 5.76 Å². The fourth-order valence-electron chi connectivity index (χ4n) is 1.83. The fourth-order valence-corrected chi connectivity index (χ4v) is 2.75. The number of benzene rings is 1. The van der Waals surface area contributed by atoms with Gasteiger partial charge < -0.3 is 10.2 Å². The standard InChI is InChI=1S/C14H12N2OS/c15-12-5-6-13(14-11(12)4-1-7-16-14)18-9-10-3-2-8-17-10/h1-8H,9,15H2. The van der Waals surface area contributed by atoms with Gasteiger partial charge in [0, 0.05) is 22.2 Å². The average molecular weight is 256 g/mol. The third kappa shape index (κ3) is 2.07. The van der Waals surface area contributed by atoms with Crippen molar-refractivity contribution >= 4 is 28.4 Å². The molecule has 0 aliphatic heterocycles. The molecule has 4 heteroatoms. The summed E-state index contributed by atoms with van der Waals surface area (Å²) in [7, 11) is 0. The molecule has 3 aromatic rings. The minimum absolute atomic E-state index is 0.764. The second-order valence-corrected chi connectivity index (χ2v) is 4.94. The van der Waals surface area contributed by atoms with Crippen LogP contribution in [-0.2, 0) is 5.75 Å². The molecule has 18 heavy (non-hydrogen) atoms. The van der Waals surface area contributed by atoms with E-state index in [0.29, 0.717) is 0 Å². The van der Waals surface area contributed by atoms with Crippen LogP contribution in [0.25, 0.3) is 10.9 Å². The van der Waals surface area contributed by atoms with Gasteiger partial charge in [-0.25, -0.2) is 0 Å². The molecule has 0 spiro atoms. The Morgan fingerprint density at radius 3 is 2.94 bits per heavy atom. The third-order valence-electron chi connectivity index (χ3n) is 2.72. The summed E-state index contributed by atoms with van der Waals surface area (Å²) in [6.45, 7) is 0. The highest BCUT2D eigenvalue weighted by molar-refractivity contribution is 7.98. The van der Waals surface area contributed by atoms with Crippen molar-refractivity contribution in [2.75, 3.05) is 5.73 Å². The zero-order valence-corrected chi connectivity index (χ0v) is 10.5. The van der Waals surface area contributed by atoms with Crippen LogP contribution in [0.15, 0.2) is 58.2 Å². The summed E-state index contributed by atoms with van der Waals surface area (Å²) in [6.07, 6.45) is 3.48. The van der Waals surface area contributed by atoms with Gasteiger partial charge in [-0.05, 0) is 36.4 Å². The van der Waals surface area contributed by atoms with E-state index in [1.54, 1.807) is 24.2 Å². The summed E-state index contributed by atoms with van der Waals surface area (Å²) in [4.78, 5) is 5.53. The van der Waals surface area contributed by atoms with Crippen molar-refractivity contribution < 1.29 is 4.42 Å². The quantitative estimate of drug-likeness (QED) is 0.573. The molecule has 0 saturated heterocycles. The van der Waals surface area contributed by atoms with E-state index in [9.17, 15) is 0 Å². The van der Waals surface area contributed by atoms with E-state index < -0.39 is 0 Å². The minimum Gasteiger partial charge on any atom is -0.468 e. The van der Waals surface area contributed by atoms with E-state index in [1.807, 2.05) is 36.4 Å². The predicted octanol–water partition coefficient (Wildman–Crippen LogP) is 3.70. The summed E-state index contributed by atoms with van der Waals surface area (Å²) in [5, 5.41) is 1.00. The SMILES string of the molecule is Nc1ccc(SCc2ccco2)c2ncccc12. The Kier molecular flexibility index (Phi) is 2.94. The van der Waals surface area contributed by atoms with Gasteiger partial charge in [0.15, 0.2) is 0 Å². The number of fused-ring (bicyclic) bond motifs is 1. The number of nitrogens with two attached hydrogens (primary N) is 1. The zero-order chi connectivity index (χ0) is 12.4. The molecular weight excluding hydrogens is 244 g/mol. The van der Waals surface area contributed by atoms with Crippen molar-refractivity contribution in [2.24, 2.45) is 0 Å². The molecule has 0 amide bonds. The van der Waals surface area contributed by atoms with Gasteiger partial charge in [-0.15, -0.1) is 11.8 Å². The lowest BCUT2D eigenvalue weighted by Gasteiger charge is -2.06.